The first-order chi connectivity index (χ1) is 12.2. The molecule has 0 amide bonds. The molecule has 0 N–H and O–H groups in total. The normalized spacial score (nSPS) is 18.8. The maximum Gasteiger partial charge on any atom is 0.416 e. The number of halogens is 3. The van der Waals surface area contributed by atoms with E-state index < -0.39 is 27.9 Å². The summed E-state index contributed by atoms with van der Waals surface area (Å²) in [6.45, 7) is 2.05. The minimum atomic E-state index is -4.60. The van der Waals surface area contributed by atoms with Crippen LogP contribution in [0.5, 0.6) is 5.88 Å². The van der Waals surface area contributed by atoms with Gasteiger partial charge < -0.3 is 4.74 Å². The Labute approximate surface area is 149 Å². The van der Waals surface area contributed by atoms with Gasteiger partial charge in [-0.15, -0.1) is 0 Å². The molecule has 9 heteroatoms. The Morgan fingerprint density at radius 2 is 1.92 bits per heavy atom. The number of aryl methyl sites for hydroxylation is 1. The zero-order chi connectivity index (χ0) is 18.9. The molecule has 0 saturated carbocycles. The molecule has 2 aromatic rings. The van der Waals surface area contributed by atoms with Gasteiger partial charge in [-0.25, -0.2) is 13.4 Å². The first kappa shape index (κ1) is 18.7. The number of aromatic nitrogens is 1. The highest BCUT2D eigenvalue weighted by Crippen LogP contribution is 2.32. The predicted molar refractivity (Wildman–Crippen MR) is 88.2 cm³/mol. The van der Waals surface area contributed by atoms with Crippen molar-refractivity contribution in [2.24, 2.45) is 0 Å². The van der Waals surface area contributed by atoms with Crippen LogP contribution in [0.3, 0.4) is 0 Å². The fourth-order valence-corrected chi connectivity index (χ4v) is 4.28. The summed E-state index contributed by atoms with van der Waals surface area (Å²) in [5, 5.41) is 0. The number of nitrogens with zero attached hydrogens (tertiary/aromatic N) is 2. The molecule has 0 bridgehead atoms. The molecule has 26 heavy (non-hydrogen) atoms. The maximum atomic E-state index is 12.8. The van der Waals surface area contributed by atoms with Crippen LogP contribution in [-0.4, -0.2) is 36.9 Å². The third-order valence-electron chi connectivity index (χ3n) is 4.06. The van der Waals surface area contributed by atoms with Crippen LogP contribution in [-0.2, 0) is 16.2 Å². The second-order valence-electron chi connectivity index (χ2n) is 6.03. The number of hydrogen-bond acceptors (Lipinski definition) is 4. The van der Waals surface area contributed by atoms with Crippen molar-refractivity contribution in [1.82, 2.24) is 9.29 Å². The SMILES string of the molecule is Cc1cccc(OC2CCN(S(=O)(=O)c3cccc(C(F)(F)F)c3)C2)n1. The third kappa shape index (κ3) is 3.99. The molecular weight excluding hydrogens is 369 g/mol. The number of ether oxygens (including phenoxy) is 1. The maximum absolute atomic E-state index is 12.8. The van der Waals surface area contributed by atoms with Gasteiger partial charge in [0.25, 0.3) is 0 Å². The molecule has 5 nitrogen and oxygen atoms in total. The molecule has 1 aliphatic rings. The van der Waals surface area contributed by atoms with Gasteiger partial charge in [-0.2, -0.15) is 17.5 Å². The number of alkyl halides is 3. The zero-order valence-corrected chi connectivity index (χ0v) is 14.7. The van der Waals surface area contributed by atoms with Crippen molar-refractivity contribution in [3.8, 4) is 5.88 Å². The van der Waals surface area contributed by atoms with Gasteiger partial charge >= 0.3 is 6.18 Å². The summed E-state index contributed by atoms with van der Waals surface area (Å²) < 4.78 is 70.7. The summed E-state index contributed by atoms with van der Waals surface area (Å²) in [4.78, 5) is 3.83. The minimum absolute atomic E-state index is 0.0637. The molecular formula is C17H17F3N2O3S. The second kappa shape index (κ2) is 6.88. The van der Waals surface area contributed by atoms with E-state index in [4.69, 9.17) is 4.74 Å². The average Bonchev–Trinajstić information content (AvgIpc) is 3.03. The number of pyridine rings is 1. The Balaban J connectivity index is 1.75. The van der Waals surface area contributed by atoms with Crippen LogP contribution in [0, 0.1) is 6.92 Å². The molecule has 140 valence electrons. The summed E-state index contributed by atoms with van der Waals surface area (Å²) in [7, 11) is -4.02. The average molecular weight is 386 g/mol. The van der Waals surface area contributed by atoms with Crippen LogP contribution >= 0.6 is 0 Å². The molecule has 1 fully saturated rings. The van der Waals surface area contributed by atoms with E-state index in [1.165, 1.54) is 6.07 Å². The molecule has 0 radical (unpaired) electrons. The lowest BCUT2D eigenvalue weighted by molar-refractivity contribution is -0.137. The van der Waals surface area contributed by atoms with Gasteiger partial charge in [-0.05, 0) is 37.6 Å². The molecule has 1 aliphatic heterocycles. The number of benzene rings is 1. The van der Waals surface area contributed by atoms with Crippen LogP contribution in [0.25, 0.3) is 0 Å². The highest BCUT2D eigenvalue weighted by Gasteiger charge is 2.36. The number of sulfonamides is 1. The largest absolute Gasteiger partial charge is 0.473 e. The number of hydrogen-bond donors (Lipinski definition) is 0. The van der Waals surface area contributed by atoms with Gasteiger partial charge in [0.2, 0.25) is 15.9 Å². The van der Waals surface area contributed by atoms with Crippen LogP contribution in [0.15, 0.2) is 47.4 Å². The highest BCUT2D eigenvalue weighted by molar-refractivity contribution is 7.89. The van der Waals surface area contributed by atoms with E-state index in [1.54, 1.807) is 12.1 Å². The Morgan fingerprint density at radius 3 is 2.62 bits per heavy atom. The first-order valence-electron chi connectivity index (χ1n) is 7.94. The van der Waals surface area contributed by atoms with Crippen LogP contribution in [0.2, 0.25) is 0 Å². The fourth-order valence-electron chi connectivity index (χ4n) is 2.75. The van der Waals surface area contributed by atoms with Gasteiger partial charge in [0.1, 0.15) is 6.10 Å². The summed E-state index contributed by atoms with van der Waals surface area (Å²) in [5.74, 6) is 0.397. The standard InChI is InChI=1S/C17H17F3N2O3S/c1-12-4-2-7-16(21-12)25-14-8-9-22(11-14)26(23,24)15-6-3-5-13(10-15)17(18,19)20/h2-7,10,14H,8-9,11H2,1H3. The lowest BCUT2D eigenvalue weighted by atomic mass is 10.2. The molecule has 0 aliphatic carbocycles. The molecule has 3 rings (SSSR count). The second-order valence-corrected chi connectivity index (χ2v) is 7.97. The van der Waals surface area contributed by atoms with Crippen molar-refractivity contribution in [2.45, 2.75) is 30.5 Å². The van der Waals surface area contributed by atoms with Gasteiger partial charge in [-0.1, -0.05) is 12.1 Å². The number of rotatable bonds is 4. The van der Waals surface area contributed by atoms with E-state index in [0.717, 1.165) is 22.1 Å². The Morgan fingerprint density at radius 1 is 1.19 bits per heavy atom. The van der Waals surface area contributed by atoms with Crippen molar-refractivity contribution in [3.05, 3.63) is 53.7 Å². The van der Waals surface area contributed by atoms with E-state index in [2.05, 4.69) is 4.98 Å². The molecule has 1 atom stereocenters. The van der Waals surface area contributed by atoms with Gasteiger partial charge in [-0.3, -0.25) is 0 Å². The van der Waals surface area contributed by atoms with E-state index in [-0.39, 0.29) is 18.0 Å². The quantitative estimate of drug-likeness (QED) is 0.809. The molecule has 1 unspecified atom stereocenters. The van der Waals surface area contributed by atoms with Crippen LogP contribution < -0.4 is 4.74 Å². The Kier molecular flexibility index (Phi) is 4.94. The molecule has 1 aromatic heterocycles. The van der Waals surface area contributed by atoms with E-state index >= 15 is 0 Å². The fraction of sp³-hybridized carbons (Fsp3) is 0.353. The minimum Gasteiger partial charge on any atom is -0.473 e. The van der Waals surface area contributed by atoms with Crippen molar-refractivity contribution in [1.29, 1.82) is 0 Å². The van der Waals surface area contributed by atoms with Gasteiger partial charge in [0.05, 0.1) is 17.0 Å². The lowest BCUT2D eigenvalue weighted by Gasteiger charge is -2.18. The van der Waals surface area contributed by atoms with E-state index in [9.17, 15) is 21.6 Å². The third-order valence-corrected chi connectivity index (χ3v) is 5.92. The van der Waals surface area contributed by atoms with Crippen molar-refractivity contribution >= 4 is 10.0 Å². The van der Waals surface area contributed by atoms with Gasteiger partial charge in [0.15, 0.2) is 0 Å². The van der Waals surface area contributed by atoms with E-state index in [0.29, 0.717) is 18.4 Å². The van der Waals surface area contributed by atoms with Crippen LogP contribution in [0.1, 0.15) is 17.7 Å². The van der Waals surface area contributed by atoms with Crippen LogP contribution in [0.4, 0.5) is 13.2 Å². The van der Waals surface area contributed by atoms with Gasteiger partial charge in [0, 0.05) is 18.3 Å². The topological polar surface area (TPSA) is 59.5 Å². The summed E-state index contributed by atoms with van der Waals surface area (Å²) >= 11 is 0. The highest BCUT2D eigenvalue weighted by atomic mass is 32.2. The zero-order valence-electron chi connectivity index (χ0n) is 13.9. The van der Waals surface area contributed by atoms with Crippen molar-refractivity contribution < 1.29 is 26.3 Å². The van der Waals surface area contributed by atoms with Crippen molar-refractivity contribution in [2.75, 3.05) is 13.1 Å². The summed E-state index contributed by atoms with van der Waals surface area (Å²) in [6.07, 6.45) is -4.56. The monoisotopic (exact) mass is 386 g/mol. The Hall–Kier alpha value is -2.13. The summed E-state index contributed by atoms with van der Waals surface area (Å²) in [5.41, 5.74) is -0.219. The first-order valence-corrected chi connectivity index (χ1v) is 9.38. The van der Waals surface area contributed by atoms with E-state index in [1.807, 2.05) is 13.0 Å². The molecule has 1 saturated heterocycles. The Bertz CT molecular complexity index is 900. The predicted octanol–water partition coefficient (Wildman–Crippen LogP) is 3.25. The molecule has 0 spiro atoms. The smallest absolute Gasteiger partial charge is 0.416 e. The van der Waals surface area contributed by atoms with Crippen molar-refractivity contribution in [3.63, 3.8) is 0 Å². The molecule has 1 aromatic carbocycles. The lowest BCUT2D eigenvalue weighted by Crippen LogP contribution is -2.31. The summed E-state index contributed by atoms with van der Waals surface area (Å²) in [6, 6.07) is 9.04. The molecule has 2 heterocycles.